The van der Waals surface area contributed by atoms with Gasteiger partial charge in [-0.2, -0.15) is 0 Å². The van der Waals surface area contributed by atoms with Crippen LogP contribution in [-0.4, -0.2) is 42.2 Å². The van der Waals surface area contributed by atoms with Gasteiger partial charge in [-0.15, -0.1) is 11.3 Å². The van der Waals surface area contributed by atoms with Gasteiger partial charge in [0.2, 0.25) is 0 Å². The van der Waals surface area contributed by atoms with Gasteiger partial charge in [0.25, 0.3) is 0 Å². The number of hydrogen-bond acceptors (Lipinski definition) is 5. The number of nitrogens with two attached hydrogens (primary N) is 1. The van der Waals surface area contributed by atoms with Crippen LogP contribution in [0.25, 0.3) is 0 Å². The number of rotatable bonds is 6. The minimum Gasteiger partial charge on any atom is -0.377 e. The van der Waals surface area contributed by atoms with Crippen LogP contribution in [0.4, 0.5) is 0 Å². The maximum atomic E-state index is 5.72. The molecule has 5 heteroatoms. The molecule has 1 atom stereocenters. The van der Waals surface area contributed by atoms with Crippen molar-refractivity contribution in [3.63, 3.8) is 0 Å². The van der Waals surface area contributed by atoms with Gasteiger partial charge in [-0.1, -0.05) is 0 Å². The Labute approximate surface area is 113 Å². The monoisotopic (exact) mass is 269 g/mol. The second kappa shape index (κ2) is 7.19. The Hall–Kier alpha value is -0.490. The van der Waals surface area contributed by atoms with Crippen LogP contribution in [0.1, 0.15) is 30.5 Å². The van der Waals surface area contributed by atoms with Gasteiger partial charge in [-0.3, -0.25) is 4.90 Å². The number of aromatic nitrogens is 1. The van der Waals surface area contributed by atoms with Gasteiger partial charge in [-0.25, -0.2) is 4.98 Å². The fraction of sp³-hybridized carbons (Fsp3) is 0.769. The molecule has 102 valence electrons. The predicted molar refractivity (Wildman–Crippen MR) is 74.8 cm³/mol. The van der Waals surface area contributed by atoms with E-state index in [1.165, 1.54) is 18.5 Å². The lowest BCUT2D eigenvalue weighted by atomic mass is 10.1. The molecule has 0 aromatic carbocycles. The molecule has 0 aliphatic carbocycles. The highest BCUT2D eigenvalue weighted by molar-refractivity contribution is 7.09. The van der Waals surface area contributed by atoms with Gasteiger partial charge in [0.05, 0.1) is 16.8 Å². The zero-order valence-corrected chi connectivity index (χ0v) is 11.9. The molecule has 0 radical (unpaired) electrons. The van der Waals surface area contributed by atoms with Gasteiger partial charge >= 0.3 is 0 Å². The summed E-state index contributed by atoms with van der Waals surface area (Å²) in [5.41, 5.74) is 6.73. The first kappa shape index (κ1) is 13.9. The standard InChI is InChI=1S/C13H23N3OS/c1-2-17-12-4-3-7-16(9-12)8-11-10-18-13(15-11)5-6-14/h10,12H,2-9,14H2,1H3. The van der Waals surface area contributed by atoms with Crippen LogP contribution in [0.5, 0.6) is 0 Å². The highest BCUT2D eigenvalue weighted by Gasteiger charge is 2.20. The van der Waals surface area contributed by atoms with E-state index in [0.29, 0.717) is 12.6 Å². The predicted octanol–water partition coefficient (Wildman–Crippen LogP) is 1.65. The fourth-order valence-electron chi connectivity index (χ4n) is 2.42. The smallest absolute Gasteiger partial charge is 0.0941 e. The summed E-state index contributed by atoms with van der Waals surface area (Å²) in [6.45, 7) is 6.72. The molecule has 1 saturated heterocycles. The molecule has 2 N–H and O–H groups in total. The SMILES string of the molecule is CCOC1CCCN(Cc2csc(CCN)n2)C1. The first-order valence-electron chi connectivity index (χ1n) is 6.79. The van der Waals surface area contributed by atoms with Crippen LogP contribution in [0.15, 0.2) is 5.38 Å². The van der Waals surface area contributed by atoms with Crippen molar-refractivity contribution in [2.24, 2.45) is 5.73 Å². The van der Waals surface area contributed by atoms with Crippen molar-refractivity contribution in [1.82, 2.24) is 9.88 Å². The van der Waals surface area contributed by atoms with Gasteiger partial charge in [-0.05, 0) is 32.9 Å². The summed E-state index contributed by atoms with van der Waals surface area (Å²) in [6, 6.07) is 0. The minimum absolute atomic E-state index is 0.408. The van der Waals surface area contributed by atoms with Gasteiger partial charge in [0.1, 0.15) is 0 Å². The van der Waals surface area contributed by atoms with Crippen molar-refractivity contribution in [3.05, 3.63) is 16.1 Å². The van der Waals surface area contributed by atoms with Crippen LogP contribution >= 0.6 is 11.3 Å². The van der Waals surface area contributed by atoms with E-state index in [-0.39, 0.29) is 0 Å². The number of thiazole rings is 1. The zero-order chi connectivity index (χ0) is 12.8. The van der Waals surface area contributed by atoms with Crippen molar-refractivity contribution >= 4 is 11.3 Å². The van der Waals surface area contributed by atoms with E-state index < -0.39 is 0 Å². The summed E-state index contributed by atoms with van der Waals surface area (Å²) in [5, 5.41) is 3.32. The lowest BCUT2D eigenvalue weighted by Crippen LogP contribution is -2.39. The summed E-state index contributed by atoms with van der Waals surface area (Å²) in [6.07, 6.45) is 3.72. The van der Waals surface area contributed by atoms with Gasteiger partial charge < -0.3 is 10.5 Å². The highest BCUT2D eigenvalue weighted by Crippen LogP contribution is 2.17. The van der Waals surface area contributed by atoms with E-state index in [2.05, 4.69) is 22.2 Å². The third-order valence-corrected chi connectivity index (χ3v) is 4.17. The Bertz CT molecular complexity index is 354. The van der Waals surface area contributed by atoms with Crippen molar-refractivity contribution in [3.8, 4) is 0 Å². The van der Waals surface area contributed by atoms with E-state index in [1.54, 1.807) is 11.3 Å². The van der Waals surface area contributed by atoms with Crippen molar-refractivity contribution < 1.29 is 4.74 Å². The average Bonchev–Trinajstić information content (AvgIpc) is 2.78. The molecule has 0 spiro atoms. The van der Waals surface area contributed by atoms with Crippen molar-refractivity contribution in [2.45, 2.75) is 38.8 Å². The summed E-state index contributed by atoms with van der Waals surface area (Å²) in [5.74, 6) is 0. The summed E-state index contributed by atoms with van der Waals surface area (Å²) >= 11 is 1.72. The lowest BCUT2D eigenvalue weighted by Gasteiger charge is -2.31. The molecule has 1 aromatic rings. The van der Waals surface area contributed by atoms with Crippen LogP contribution in [-0.2, 0) is 17.7 Å². The average molecular weight is 269 g/mol. The number of likely N-dealkylation sites (tertiary alicyclic amines) is 1. The third kappa shape index (κ3) is 4.02. The summed E-state index contributed by atoms with van der Waals surface area (Å²) < 4.78 is 5.72. The van der Waals surface area contributed by atoms with Crippen LogP contribution in [0.3, 0.4) is 0 Å². The second-order valence-corrected chi connectivity index (χ2v) is 5.67. The summed E-state index contributed by atoms with van der Waals surface area (Å²) in [7, 11) is 0. The van der Waals surface area contributed by atoms with E-state index >= 15 is 0 Å². The minimum atomic E-state index is 0.408. The van der Waals surface area contributed by atoms with Gasteiger partial charge in [0, 0.05) is 31.5 Å². The topological polar surface area (TPSA) is 51.4 Å². The molecule has 1 fully saturated rings. The quantitative estimate of drug-likeness (QED) is 0.853. The largest absolute Gasteiger partial charge is 0.377 e. The molecule has 2 heterocycles. The zero-order valence-electron chi connectivity index (χ0n) is 11.1. The highest BCUT2D eigenvalue weighted by atomic mass is 32.1. The molecule has 1 unspecified atom stereocenters. The molecular weight excluding hydrogens is 246 g/mol. The Morgan fingerprint density at radius 1 is 1.61 bits per heavy atom. The lowest BCUT2D eigenvalue weighted by molar-refractivity contribution is 0.00335. The Morgan fingerprint density at radius 2 is 2.50 bits per heavy atom. The Kier molecular flexibility index (Phi) is 5.56. The number of nitrogens with zero attached hydrogens (tertiary/aromatic N) is 2. The van der Waals surface area contributed by atoms with E-state index in [4.69, 9.17) is 10.5 Å². The van der Waals surface area contributed by atoms with E-state index in [1.807, 2.05) is 0 Å². The maximum absolute atomic E-state index is 5.72. The maximum Gasteiger partial charge on any atom is 0.0941 e. The van der Waals surface area contributed by atoms with Crippen LogP contribution < -0.4 is 5.73 Å². The third-order valence-electron chi connectivity index (χ3n) is 3.21. The second-order valence-electron chi connectivity index (χ2n) is 4.73. The van der Waals surface area contributed by atoms with Crippen LogP contribution in [0.2, 0.25) is 0 Å². The van der Waals surface area contributed by atoms with E-state index in [9.17, 15) is 0 Å². The molecular formula is C13H23N3OS. The molecule has 1 aliphatic rings. The normalized spacial score (nSPS) is 21.3. The summed E-state index contributed by atoms with van der Waals surface area (Å²) in [4.78, 5) is 7.07. The molecule has 1 aliphatic heterocycles. The Balaban J connectivity index is 1.84. The first-order chi connectivity index (χ1) is 8.81. The Morgan fingerprint density at radius 3 is 3.28 bits per heavy atom. The van der Waals surface area contributed by atoms with Crippen LogP contribution in [0, 0.1) is 0 Å². The molecule has 4 nitrogen and oxygen atoms in total. The van der Waals surface area contributed by atoms with E-state index in [0.717, 1.165) is 37.7 Å². The van der Waals surface area contributed by atoms with Gasteiger partial charge in [0.15, 0.2) is 0 Å². The molecule has 2 rings (SSSR count). The number of ether oxygens (including phenoxy) is 1. The first-order valence-corrected chi connectivity index (χ1v) is 7.67. The van der Waals surface area contributed by atoms with Crippen molar-refractivity contribution in [2.75, 3.05) is 26.2 Å². The molecule has 18 heavy (non-hydrogen) atoms. The molecule has 0 bridgehead atoms. The molecule has 1 aromatic heterocycles. The van der Waals surface area contributed by atoms with Crippen molar-refractivity contribution in [1.29, 1.82) is 0 Å². The number of hydrogen-bond donors (Lipinski definition) is 1. The molecule has 0 amide bonds. The molecule has 0 saturated carbocycles. The number of piperidine rings is 1. The fourth-order valence-corrected chi connectivity index (χ4v) is 3.22.